The molecule has 0 saturated carbocycles. The Morgan fingerprint density at radius 1 is 1.44 bits per heavy atom. The Labute approximate surface area is 98.1 Å². The lowest BCUT2D eigenvalue weighted by Gasteiger charge is -2.17. The number of hydrogen-bond acceptors (Lipinski definition) is 3. The van der Waals surface area contributed by atoms with Gasteiger partial charge in [-0.05, 0) is 33.6 Å². The summed E-state index contributed by atoms with van der Waals surface area (Å²) >= 11 is 2.92. The third-order valence-corrected chi connectivity index (χ3v) is 2.59. The number of alkyl halides is 3. The fourth-order valence-electron chi connectivity index (χ4n) is 1.12. The molecule has 1 aromatic carbocycles. The first kappa shape index (κ1) is 13.1. The van der Waals surface area contributed by atoms with Crippen LogP contribution in [-0.4, -0.2) is 18.4 Å². The van der Waals surface area contributed by atoms with E-state index in [1.54, 1.807) is 0 Å². The van der Waals surface area contributed by atoms with Crippen LogP contribution in [0.3, 0.4) is 0 Å². The van der Waals surface area contributed by atoms with Crippen molar-refractivity contribution in [2.24, 2.45) is 5.73 Å². The van der Waals surface area contributed by atoms with Gasteiger partial charge >= 0.3 is 6.18 Å². The molecule has 1 aromatic rings. The second-order valence-electron chi connectivity index (χ2n) is 3.07. The van der Waals surface area contributed by atoms with E-state index in [0.717, 1.165) is 12.1 Å². The Bertz CT molecular complexity index is 395. The Morgan fingerprint density at radius 2 is 2.00 bits per heavy atom. The highest BCUT2D eigenvalue weighted by Crippen LogP contribution is 2.39. The molecule has 90 valence electrons. The van der Waals surface area contributed by atoms with Crippen LogP contribution < -0.4 is 10.5 Å². The van der Waals surface area contributed by atoms with Crippen molar-refractivity contribution in [1.29, 1.82) is 0 Å². The van der Waals surface area contributed by atoms with E-state index < -0.39 is 12.2 Å². The van der Waals surface area contributed by atoms with Crippen LogP contribution in [-0.2, 0) is 0 Å². The van der Waals surface area contributed by atoms with Gasteiger partial charge in [0.2, 0.25) is 0 Å². The van der Waals surface area contributed by atoms with Gasteiger partial charge in [-0.25, -0.2) is 0 Å². The van der Waals surface area contributed by atoms with E-state index in [2.05, 4.69) is 15.9 Å². The molecule has 3 N–H and O–H groups in total. The lowest BCUT2D eigenvalue weighted by Crippen LogP contribution is -2.28. The fourth-order valence-corrected chi connectivity index (χ4v) is 1.58. The summed E-state index contributed by atoms with van der Waals surface area (Å²) in [5.74, 6) is -0.329. The number of nitrogens with two attached hydrogens (primary N) is 1. The summed E-state index contributed by atoms with van der Waals surface area (Å²) in [6, 6.07) is 0.0483. The molecule has 0 saturated heterocycles. The van der Waals surface area contributed by atoms with E-state index in [0.29, 0.717) is 0 Å². The fraction of sp³-hybridized carbons (Fsp3) is 0.333. The summed E-state index contributed by atoms with van der Waals surface area (Å²) < 4.78 is 41.9. The van der Waals surface area contributed by atoms with Crippen LogP contribution in [0.15, 0.2) is 16.6 Å². The second-order valence-corrected chi connectivity index (χ2v) is 3.93. The normalized spacial score (nSPS) is 13.6. The summed E-state index contributed by atoms with van der Waals surface area (Å²) in [5.41, 5.74) is 4.85. The van der Waals surface area contributed by atoms with Crippen LogP contribution in [0.4, 0.5) is 13.2 Å². The first-order chi connectivity index (χ1) is 7.27. The van der Waals surface area contributed by atoms with Crippen LogP contribution in [0, 0.1) is 0 Å². The lowest BCUT2D eigenvalue weighted by atomic mass is 10.1. The predicted octanol–water partition coefficient (Wildman–Crippen LogP) is 2.73. The van der Waals surface area contributed by atoms with Gasteiger partial charge in [0.1, 0.15) is 6.04 Å². The molecule has 7 heteroatoms. The monoisotopic (exact) mass is 299 g/mol. The van der Waals surface area contributed by atoms with Gasteiger partial charge in [0, 0.05) is 0 Å². The molecule has 0 unspecified atom stereocenters. The van der Waals surface area contributed by atoms with Gasteiger partial charge in [-0.15, -0.1) is 0 Å². The zero-order valence-electron chi connectivity index (χ0n) is 8.18. The zero-order valence-corrected chi connectivity index (χ0v) is 9.76. The highest BCUT2D eigenvalue weighted by molar-refractivity contribution is 9.10. The highest BCUT2D eigenvalue weighted by Gasteiger charge is 2.38. The standard InChI is InChI=1S/C9H9BrF3NO2/c1-16-6-3-4(2-5(10)7(6)15)8(14)9(11,12)13/h2-3,8,15H,14H2,1H3/t8-/m1/s1. The Morgan fingerprint density at radius 3 is 2.44 bits per heavy atom. The lowest BCUT2D eigenvalue weighted by molar-refractivity contribution is -0.149. The van der Waals surface area contributed by atoms with Gasteiger partial charge in [-0.2, -0.15) is 13.2 Å². The molecule has 0 aliphatic rings. The van der Waals surface area contributed by atoms with E-state index in [4.69, 9.17) is 10.5 Å². The Balaban J connectivity index is 3.21. The molecule has 0 aliphatic heterocycles. The third-order valence-electron chi connectivity index (χ3n) is 1.98. The molecule has 0 aromatic heterocycles. The highest BCUT2D eigenvalue weighted by atomic mass is 79.9. The Hall–Kier alpha value is -0.950. The molecular formula is C9H9BrF3NO2. The minimum Gasteiger partial charge on any atom is -0.503 e. The van der Waals surface area contributed by atoms with Gasteiger partial charge in [0.25, 0.3) is 0 Å². The maximum atomic E-state index is 12.4. The molecule has 0 amide bonds. The minimum atomic E-state index is -4.54. The van der Waals surface area contributed by atoms with E-state index in [9.17, 15) is 18.3 Å². The van der Waals surface area contributed by atoms with Crippen molar-refractivity contribution < 1.29 is 23.0 Å². The maximum Gasteiger partial charge on any atom is 0.407 e. The van der Waals surface area contributed by atoms with Gasteiger partial charge in [0.05, 0.1) is 11.6 Å². The van der Waals surface area contributed by atoms with Crippen LogP contribution in [0.25, 0.3) is 0 Å². The number of ether oxygens (including phenoxy) is 1. The maximum absolute atomic E-state index is 12.4. The molecule has 3 nitrogen and oxygen atoms in total. The number of hydrogen-bond donors (Lipinski definition) is 2. The first-order valence-electron chi connectivity index (χ1n) is 4.16. The summed E-state index contributed by atoms with van der Waals surface area (Å²) in [6.45, 7) is 0. The number of rotatable bonds is 2. The number of phenolic OH excluding ortho intramolecular Hbond substituents is 1. The van der Waals surface area contributed by atoms with Crippen LogP contribution in [0.1, 0.15) is 11.6 Å². The molecule has 0 heterocycles. The van der Waals surface area contributed by atoms with E-state index in [-0.39, 0.29) is 21.5 Å². The molecular weight excluding hydrogens is 291 g/mol. The van der Waals surface area contributed by atoms with Gasteiger partial charge in [0.15, 0.2) is 11.5 Å². The molecule has 16 heavy (non-hydrogen) atoms. The average molecular weight is 300 g/mol. The minimum absolute atomic E-state index is 0.0657. The van der Waals surface area contributed by atoms with E-state index in [1.165, 1.54) is 7.11 Å². The topological polar surface area (TPSA) is 55.5 Å². The van der Waals surface area contributed by atoms with Crippen molar-refractivity contribution in [3.05, 3.63) is 22.2 Å². The smallest absolute Gasteiger partial charge is 0.407 e. The number of aromatic hydroxyl groups is 1. The molecule has 0 spiro atoms. The van der Waals surface area contributed by atoms with Gasteiger partial charge in [-0.1, -0.05) is 0 Å². The average Bonchev–Trinajstić information content (AvgIpc) is 2.19. The second kappa shape index (κ2) is 4.50. The van der Waals surface area contributed by atoms with E-state index >= 15 is 0 Å². The molecule has 0 radical (unpaired) electrons. The molecule has 1 atom stereocenters. The summed E-state index contributed by atoms with van der Waals surface area (Å²) in [5, 5.41) is 9.41. The SMILES string of the molecule is COc1cc([C@@H](N)C(F)(F)F)cc(Br)c1O. The van der Waals surface area contributed by atoms with Crippen molar-refractivity contribution in [1.82, 2.24) is 0 Å². The summed E-state index contributed by atoms with van der Waals surface area (Å²) in [6.07, 6.45) is -4.54. The largest absolute Gasteiger partial charge is 0.503 e. The van der Waals surface area contributed by atoms with Crippen molar-refractivity contribution in [2.75, 3.05) is 7.11 Å². The van der Waals surface area contributed by atoms with Crippen LogP contribution >= 0.6 is 15.9 Å². The van der Waals surface area contributed by atoms with Gasteiger partial charge < -0.3 is 15.6 Å². The predicted molar refractivity (Wildman–Crippen MR) is 55.3 cm³/mol. The summed E-state index contributed by atoms with van der Waals surface area (Å²) in [7, 11) is 1.24. The van der Waals surface area contributed by atoms with Gasteiger partial charge in [-0.3, -0.25) is 0 Å². The summed E-state index contributed by atoms with van der Waals surface area (Å²) in [4.78, 5) is 0. The van der Waals surface area contributed by atoms with Crippen molar-refractivity contribution in [3.63, 3.8) is 0 Å². The Kier molecular flexibility index (Phi) is 3.69. The molecule has 0 bridgehead atoms. The molecule has 0 aliphatic carbocycles. The molecule has 0 fully saturated rings. The number of benzene rings is 1. The first-order valence-corrected chi connectivity index (χ1v) is 4.95. The number of phenols is 1. The number of halogens is 4. The number of methoxy groups -OCH3 is 1. The zero-order chi connectivity index (χ0) is 12.5. The van der Waals surface area contributed by atoms with Crippen LogP contribution in [0.5, 0.6) is 11.5 Å². The van der Waals surface area contributed by atoms with Crippen LogP contribution in [0.2, 0.25) is 0 Å². The van der Waals surface area contributed by atoms with Crippen molar-refractivity contribution in [3.8, 4) is 11.5 Å². The quantitative estimate of drug-likeness (QED) is 0.883. The third kappa shape index (κ3) is 2.59. The van der Waals surface area contributed by atoms with E-state index in [1.807, 2.05) is 0 Å². The van der Waals surface area contributed by atoms with Crippen molar-refractivity contribution in [2.45, 2.75) is 12.2 Å². The molecule has 1 rings (SSSR count). The van der Waals surface area contributed by atoms with Crippen molar-refractivity contribution >= 4 is 15.9 Å².